The molecule has 0 amide bonds. The van der Waals surface area contributed by atoms with Crippen LogP contribution in [0.4, 0.5) is 0 Å². The van der Waals surface area contributed by atoms with Gasteiger partial charge in [0.15, 0.2) is 5.96 Å². The first-order valence-electron chi connectivity index (χ1n) is 10.0. The summed E-state index contributed by atoms with van der Waals surface area (Å²) in [6.45, 7) is 14.6. The highest BCUT2D eigenvalue weighted by Crippen LogP contribution is 2.21. The van der Waals surface area contributed by atoms with Crippen LogP contribution in [0.1, 0.15) is 31.9 Å². The summed E-state index contributed by atoms with van der Waals surface area (Å²) in [6, 6.07) is 6.83. The van der Waals surface area contributed by atoms with E-state index in [1.807, 2.05) is 7.05 Å². The van der Waals surface area contributed by atoms with Crippen LogP contribution >= 0.6 is 24.0 Å². The second-order valence-electron chi connectivity index (χ2n) is 7.77. The summed E-state index contributed by atoms with van der Waals surface area (Å²) in [6.07, 6.45) is 0.160. The topological polar surface area (TPSA) is 52.1 Å². The maximum Gasteiger partial charge on any atom is 0.191 e. The fraction of sp³-hybridized carbons (Fsp3) is 0.667. The summed E-state index contributed by atoms with van der Waals surface area (Å²) in [7, 11) is 4.00. The number of likely N-dealkylation sites (N-methyl/N-ethyl adjacent to an activating group) is 1. The van der Waals surface area contributed by atoms with Crippen LogP contribution in [0, 0.1) is 6.92 Å². The Bertz CT molecular complexity index is 615. The molecule has 1 aliphatic heterocycles. The van der Waals surface area contributed by atoms with Gasteiger partial charge < -0.3 is 20.3 Å². The highest BCUT2D eigenvalue weighted by molar-refractivity contribution is 14.0. The van der Waals surface area contributed by atoms with Gasteiger partial charge in [0.25, 0.3) is 0 Å². The van der Waals surface area contributed by atoms with Crippen molar-refractivity contribution < 1.29 is 4.74 Å². The third kappa shape index (κ3) is 8.13. The van der Waals surface area contributed by atoms with Crippen LogP contribution in [0.5, 0.6) is 5.75 Å². The predicted octanol–water partition coefficient (Wildman–Crippen LogP) is 2.70. The third-order valence-electron chi connectivity index (χ3n) is 4.98. The van der Waals surface area contributed by atoms with Crippen LogP contribution in [0.2, 0.25) is 0 Å². The van der Waals surface area contributed by atoms with Crippen molar-refractivity contribution in [2.45, 2.75) is 46.4 Å². The molecule has 1 unspecified atom stereocenters. The van der Waals surface area contributed by atoms with Crippen molar-refractivity contribution in [3.05, 3.63) is 29.3 Å². The first kappa shape index (κ1) is 25.0. The van der Waals surface area contributed by atoms with E-state index in [0.29, 0.717) is 12.6 Å². The number of ether oxygens (including phenoxy) is 1. The molecule has 1 fully saturated rings. The molecule has 160 valence electrons. The highest BCUT2D eigenvalue weighted by Gasteiger charge is 2.19. The number of rotatable bonds is 7. The zero-order valence-electron chi connectivity index (χ0n) is 18.3. The number of aliphatic imine (C=N–C) groups is 1. The van der Waals surface area contributed by atoms with Crippen molar-refractivity contribution in [2.75, 3.05) is 46.8 Å². The molecule has 28 heavy (non-hydrogen) atoms. The number of halogens is 1. The Balaban J connectivity index is 0.00000392. The number of hydrogen-bond acceptors (Lipinski definition) is 4. The monoisotopic (exact) mass is 503 g/mol. The molecule has 1 saturated heterocycles. The van der Waals surface area contributed by atoms with Crippen molar-refractivity contribution in [2.24, 2.45) is 4.99 Å². The van der Waals surface area contributed by atoms with Gasteiger partial charge in [-0.15, -0.1) is 24.0 Å². The molecule has 1 aliphatic rings. The first-order valence-corrected chi connectivity index (χ1v) is 10.0. The molecule has 2 N–H and O–H groups in total. The van der Waals surface area contributed by atoms with Gasteiger partial charge in [-0.1, -0.05) is 12.1 Å². The number of guanidine groups is 1. The number of benzene rings is 1. The normalized spacial score (nSPS) is 17.2. The van der Waals surface area contributed by atoms with Gasteiger partial charge in [-0.05, 0) is 46.4 Å². The van der Waals surface area contributed by atoms with Crippen molar-refractivity contribution in [1.29, 1.82) is 0 Å². The number of nitrogens with zero attached hydrogens (tertiary/aromatic N) is 3. The minimum atomic E-state index is 0. The molecule has 0 aromatic heterocycles. The lowest BCUT2D eigenvalue weighted by Crippen LogP contribution is -2.52. The number of hydrogen-bond donors (Lipinski definition) is 2. The fourth-order valence-corrected chi connectivity index (χ4v) is 3.21. The molecule has 6 nitrogen and oxygen atoms in total. The smallest absolute Gasteiger partial charge is 0.191 e. The van der Waals surface area contributed by atoms with Crippen LogP contribution in [0.3, 0.4) is 0 Å². The zero-order valence-corrected chi connectivity index (χ0v) is 20.6. The van der Waals surface area contributed by atoms with Crippen LogP contribution in [-0.4, -0.2) is 74.7 Å². The van der Waals surface area contributed by atoms with E-state index in [-0.39, 0.29) is 30.1 Å². The molecule has 1 aromatic carbocycles. The molecular weight excluding hydrogens is 465 g/mol. The summed E-state index contributed by atoms with van der Waals surface area (Å²) in [5, 5.41) is 6.88. The Morgan fingerprint density at radius 3 is 2.43 bits per heavy atom. The molecule has 0 bridgehead atoms. The summed E-state index contributed by atoms with van der Waals surface area (Å²) in [5.74, 6) is 1.77. The Morgan fingerprint density at radius 2 is 1.82 bits per heavy atom. The Kier molecular flexibility index (Phi) is 11.1. The van der Waals surface area contributed by atoms with Gasteiger partial charge in [0.1, 0.15) is 5.75 Å². The molecule has 0 spiro atoms. The molecule has 0 saturated carbocycles. The van der Waals surface area contributed by atoms with E-state index in [1.54, 1.807) is 0 Å². The molecule has 1 atom stereocenters. The van der Waals surface area contributed by atoms with E-state index in [9.17, 15) is 0 Å². The van der Waals surface area contributed by atoms with Gasteiger partial charge in [0.05, 0.1) is 6.10 Å². The quantitative estimate of drug-likeness (QED) is 0.341. The Labute approximate surface area is 188 Å². The van der Waals surface area contributed by atoms with E-state index < -0.39 is 0 Å². The first-order chi connectivity index (χ1) is 12.9. The molecule has 0 radical (unpaired) electrons. The maximum atomic E-state index is 5.97. The van der Waals surface area contributed by atoms with E-state index in [0.717, 1.165) is 50.0 Å². The lowest BCUT2D eigenvalue weighted by molar-refractivity contribution is 0.120. The van der Waals surface area contributed by atoms with Gasteiger partial charge >= 0.3 is 0 Å². The molecule has 7 heteroatoms. The third-order valence-corrected chi connectivity index (χ3v) is 4.98. The van der Waals surface area contributed by atoms with Gasteiger partial charge in [0, 0.05) is 57.9 Å². The zero-order chi connectivity index (χ0) is 19.8. The van der Waals surface area contributed by atoms with E-state index in [1.165, 1.54) is 5.56 Å². The lowest BCUT2D eigenvalue weighted by Gasteiger charge is -2.36. The van der Waals surface area contributed by atoms with Crippen molar-refractivity contribution >= 4 is 29.9 Å². The van der Waals surface area contributed by atoms with Crippen molar-refractivity contribution in [3.8, 4) is 5.75 Å². The standard InChI is InChI=1S/C21H37N5O.HI/c1-16(2)27-20-13-17(3)7-8-19(20)15-24-21(22-5)23-14-18(4)26-11-9-25(6)10-12-26;/h7-8,13,16,18H,9-12,14-15H2,1-6H3,(H2,22,23,24);1H. The average Bonchev–Trinajstić information content (AvgIpc) is 2.63. The summed E-state index contributed by atoms with van der Waals surface area (Å²) < 4.78 is 5.97. The van der Waals surface area contributed by atoms with Gasteiger partial charge in [0.2, 0.25) is 0 Å². The molecule has 1 aromatic rings. The Morgan fingerprint density at radius 1 is 1.14 bits per heavy atom. The van der Waals surface area contributed by atoms with Crippen LogP contribution < -0.4 is 15.4 Å². The number of nitrogens with one attached hydrogen (secondary N) is 2. The molecule has 1 heterocycles. The number of piperazine rings is 1. The lowest BCUT2D eigenvalue weighted by atomic mass is 10.1. The average molecular weight is 503 g/mol. The van der Waals surface area contributed by atoms with Gasteiger partial charge in [-0.2, -0.15) is 0 Å². The van der Waals surface area contributed by atoms with Gasteiger partial charge in [-0.3, -0.25) is 9.89 Å². The fourth-order valence-electron chi connectivity index (χ4n) is 3.21. The van der Waals surface area contributed by atoms with Crippen molar-refractivity contribution in [3.63, 3.8) is 0 Å². The van der Waals surface area contributed by atoms with E-state index in [4.69, 9.17) is 4.74 Å². The summed E-state index contributed by atoms with van der Waals surface area (Å²) in [4.78, 5) is 9.29. The second-order valence-corrected chi connectivity index (χ2v) is 7.77. The van der Waals surface area contributed by atoms with E-state index in [2.05, 4.69) is 78.4 Å². The largest absolute Gasteiger partial charge is 0.491 e. The van der Waals surface area contributed by atoms with Crippen LogP contribution in [0.25, 0.3) is 0 Å². The molecule has 2 rings (SSSR count). The summed E-state index contributed by atoms with van der Waals surface area (Å²) in [5.41, 5.74) is 2.35. The minimum Gasteiger partial charge on any atom is -0.491 e. The highest BCUT2D eigenvalue weighted by atomic mass is 127. The van der Waals surface area contributed by atoms with Crippen LogP contribution in [0.15, 0.2) is 23.2 Å². The van der Waals surface area contributed by atoms with Crippen molar-refractivity contribution in [1.82, 2.24) is 20.4 Å². The predicted molar refractivity (Wildman–Crippen MR) is 129 cm³/mol. The minimum absolute atomic E-state index is 0. The maximum absolute atomic E-state index is 5.97. The number of aryl methyl sites for hydroxylation is 1. The Hall–Kier alpha value is -1.06. The second kappa shape index (κ2) is 12.5. The SMILES string of the molecule is CN=C(NCc1ccc(C)cc1OC(C)C)NCC(C)N1CCN(C)CC1.I. The molecule has 0 aliphatic carbocycles. The van der Waals surface area contributed by atoms with E-state index >= 15 is 0 Å². The van der Waals surface area contributed by atoms with Crippen LogP contribution in [-0.2, 0) is 6.54 Å². The summed E-state index contributed by atoms with van der Waals surface area (Å²) >= 11 is 0. The molecular formula is C21H38IN5O. The van der Waals surface area contributed by atoms with Gasteiger partial charge in [-0.25, -0.2) is 0 Å².